The first-order valence-electron chi connectivity index (χ1n) is 10.3. The summed E-state index contributed by atoms with van der Waals surface area (Å²) in [6.45, 7) is -0.0169. The Morgan fingerprint density at radius 2 is 1.82 bits per heavy atom. The van der Waals surface area contributed by atoms with E-state index in [1.165, 1.54) is 24.5 Å². The van der Waals surface area contributed by atoms with Gasteiger partial charge in [-0.15, -0.1) is 0 Å². The molecule has 1 saturated carbocycles. The van der Waals surface area contributed by atoms with Gasteiger partial charge in [-0.2, -0.15) is 13.2 Å². The number of alkyl halides is 3. The van der Waals surface area contributed by atoms with Gasteiger partial charge < -0.3 is 19.4 Å². The quantitative estimate of drug-likeness (QED) is 0.509. The molecule has 6 nitrogen and oxygen atoms in total. The molecule has 1 heterocycles. The zero-order valence-electron chi connectivity index (χ0n) is 17.5. The molecule has 1 aliphatic carbocycles. The summed E-state index contributed by atoms with van der Waals surface area (Å²) in [5.74, 6) is -0.113. The molecule has 2 aromatic carbocycles. The maximum absolute atomic E-state index is 12.8. The molecule has 0 bridgehead atoms. The summed E-state index contributed by atoms with van der Waals surface area (Å²) in [6, 6.07) is 14.6. The van der Waals surface area contributed by atoms with Crippen molar-refractivity contribution in [3.8, 4) is 5.75 Å². The molecule has 4 rings (SSSR count). The molecule has 0 radical (unpaired) electrons. The molecule has 0 saturated heterocycles. The largest absolute Gasteiger partial charge is 0.484 e. The van der Waals surface area contributed by atoms with Crippen LogP contribution in [0.1, 0.15) is 34.5 Å². The Kier molecular flexibility index (Phi) is 6.39. The Hall–Kier alpha value is -3.75. The molecule has 33 heavy (non-hydrogen) atoms. The number of carbonyl (C=O) groups excluding carboxylic acids is 2. The number of furan rings is 1. The minimum atomic E-state index is -4.40. The van der Waals surface area contributed by atoms with E-state index in [0.717, 1.165) is 25.0 Å². The second-order valence-corrected chi connectivity index (χ2v) is 7.70. The number of carbonyl (C=O) groups is 2. The third kappa shape index (κ3) is 5.94. The van der Waals surface area contributed by atoms with Gasteiger partial charge in [0.05, 0.1) is 11.8 Å². The molecule has 0 aliphatic heterocycles. The summed E-state index contributed by atoms with van der Waals surface area (Å²) in [6.07, 6.45) is -1.30. The summed E-state index contributed by atoms with van der Waals surface area (Å²) in [7, 11) is 0. The van der Waals surface area contributed by atoms with E-state index < -0.39 is 17.6 Å². The van der Waals surface area contributed by atoms with Gasteiger partial charge in [-0.05, 0) is 54.8 Å². The highest BCUT2D eigenvalue weighted by atomic mass is 19.4. The maximum Gasteiger partial charge on any atom is 0.416 e. The summed E-state index contributed by atoms with van der Waals surface area (Å²) in [5, 5.41) is 2.68. The lowest BCUT2D eigenvalue weighted by molar-refractivity contribution is -0.138. The molecule has 1 fully saturated rings. The number of benzene rings is 2. The van der Waals surface area contributed by atoms with Crippen LogP contribution < -0.4 is 10.1 Å². The molecular formula is C24H21F3N2O4. The monoisotopic (exact) mass is 458 g/mol. The van der Waals surface area contributed by atoms with E-state index in [1.54, 1.807) is 35.2 Å². The van der Waals surface area contributed by atoms with E-state index in [4.69, 9.17) is 9.15 Å². The molecular weight excluding hydrogens is 437 g/mol. The molecule has 1 N–H and O–H groups in total. The van der Waals surface area contributed by atoms with Gasteiger partial charge in [0.25, 0.3) is 11.8 Å². The van der Waals surface area contributed by atoms with Crippen LogP contribution in [0.25, 0.3) is 0 Å². The maximum atomic E-state index is 12.8. The van der Waals surface area contributed by atoms with E-state index in [1.807, 2.05) is 0 Å². The third-order valence-corrected chi connectivity index (χ3v) is 5.14. The Morgan fingerprint density at radius 1 is 1.06 bits per heavy atom. The number of hydrogen-bond donors (Lipinski definition) is 1. The zero-order valence-corrected chi connectivity index (χ0v) is 17.5. The number of anilines is 1. The van der Waals surface area contributed by atoms with Crippen molar-refractivity contribution >= 4 is 17.5 Å². The molecule has 0 unspecified atom stereocenters. The molecule has 0 spiro atoms. The van der Waals surface area contributed by atoms with Crippen LogP contribution in [0.5, 0.6) is 5.75 Å². The van der Waals surface area contributed by atoms with E-state index in [2.05, 4.69) is 5.32 Å². The summed E-state index contributed by atoms with van der Waals surface area (Å²) in [5.41, 5.74) is 0.369. The lowest BCUT2D eigenvalue weighted by atomic mass is 10.1. The average Bonchev–Trinajstić information content (AvgIpc) is 3.47. The van der Waals surface area contributed by atoms with Crippen molar-refractivity contribution in [3.63, 3.8) is 0 Å². The van der Waals surface area contributed by atoms with Crippen molar-refractivity contribution in [2.24, 2.45) is 0 Å². The van der Waals surface area contributed by atoms with Gasteiger partial charge in [-0.1, -0.05) is 18.2 Å². The van der Waals surface area contributed by atoms with Gasteiger partial charge in [-0.25, -0.2) is 0 Å². The third-order valence-electron chi connectivity index (χ3n) is 5.14. The molecule has 1 aromatic heterocycles. The Bertz CT molecular complexity index is 1110. The van der Waals surface area contributed by atoms with Gasteiger partial charge in [0.1, 0.15) is 5.75 Å². The van der Waals surface area contributed by atoms with Crippen molar-refractivity contribution < 1.29 is 31.9 Å². The fourth-order valence-corrected chi connectivity index (χ4v) is 3.30. The molecule has 0 atom stereocenters. The van der Waals surface area contributed by atoms with Gasteiger partial charge in [0.15, 0.2) is 12.4 Å². The van der Waals surface area contributed by atoms with Crippen LogP contribution in [0.2, 0.25) is 0 Å². The van der Waals surface area contributed by atoms with E-state index in [0.29, 0.717) is 17.0 Å². The Labute approximate surface area is 187 Å². The van der Waals surface area contributed by atoms with Crippen LogP contribution in [-0.2, 0) is 17.5 Å². The highest BCUT2D eigenvalue weighted by Gasteiger charge is 2.33. The Morgan fingerprint density at radius 3 is 2.45 bits per heavy atom. The van der Waals surface area contributed by atoms with Crippen molar-refractivity contribution in [1.29, 1.82) is 0 Å². The first-order chi connectivity index (χ1) is 15.8. The Balaban J connectivity index is 1.35. The normalized spacial score (nSPS) is 13.4. The lowest BCUT2D eigenvalue weighted by Crippen LogP contribution is -2.36. The number of hydrogen-bond acceptors (Lipinski definition) is 4. The van der Waals surface area contributed by atoms with Crippen LogP contribution in [0.3, 0.4) is 0 Å². The van der Waals surface area contributed by atoms with E-state index >= 15 is 0 Å². The number of nitrogens with zero attached hydrogens (tertiary/aromatic N) is 1. The van der Waals surface area contributed by atoms with Crippen LogP contribution >= 0.6 is 0 Å². The fourth-order valence-electron chi connectivity index (χ4n) is 3.30. The van der Waals surface area contributed by atoms with Crippen LogP contribution in [0.15, 0.2) is 71.3 Å². The zero-order chi connectivity index (χ0) is 23.4. The van der Waals surface area contributed by atoms with Crippen molar-refractivity contribution in [3.05, 3.63) is 83.8 Å². The topological polar surface area (TPSA) is 71.8 Å². The number of nitrogens with one attached hydrogen (secondary N) is 1. The van der Waals surface area contributed by atoms with Crippen molar-refractivity contribution in [2.75, 3.05) is 11.9 Å². The molecule has 172 valence electrons. The second kappa shape index (κ2) is 9.40. The number of ether oxygens (including phenoxy) is 1. The van der Waals surface area contributed by atoms with Gasteiger partial charge in [-0.3, -0.25) is 9.59 Å². The minimum absolute atomic E-state index is 0.0577. The van der Waals surface area contributed by atoms with Crippen molar-refractivity contribution in [2.45, 2.75) is 31.6 Å². The fraction of sp³-hybridized carbons (Fsp3) is 0.250. The average molecular weight is 458 g/mol. The van der Waals surface area contributed by atoms with Gasteiger partial charge in [0, 0.05) is 24.3 Å². The van der Waals surface area contributed by atoms with Crippen LogP contribution in [0, 0.1) is 0 Å². The number of rotatable bonds is 8. The summed E-state index contributed by atoms with van der Waals surface area (Å²) >= 11 is 0. The summed E-state index contributed by atoms with van der Waals surface area (Å²) < 4.78 is 49.0. The molecule has 3 aromatic rings. The number of halogens is 3. The molecule has 9 heteroatoms. The second-order valence-electron chi connectivity index (χ2n) is 7.70. The first-order valence-corrected chi connectivity index (χ1v) is 10.3. The van der Waals surface area contributed by atoms with Gasteiger partial charge in [0.2, 0.25) is 0 Å². The minimum Gasteiger partial charge on any atom is -0.484 e. The van der Waals surface area contributed by atoms with E-state index in [-0.39, 0.29) is 30.9 Å². The van der Waals surface area contributed by atoms with Crippen LogP contribution in [0.4, 0.5) is 18.9 Å². The van der Waals surface area contributed by atoms with E-state index in [9.17, 15) is 22.8 Å². The van der Waals surface area contributed by atoms with Crippen LogP contribution in [-0.4, -0.2) is 29.4 Å². The standard InChI is InChI=1S/C24H21F3N2O4/c25-24(26,27)17-8-6-16(7-9-17)14-29(19-10-11-19)22(30)15-33-20-4-1-3-18(13-20)28-23(31)21-5-2-12-32-21/h1-9,12-13,19H,10-11,14-15H2,(H,28,31). The highest BCUT2D eigenvalue weighted by molar-refractivity contribution is 6.02. The van der Waals surface area contributed by atoms with Gasteiger partial charge >= 0.3 is 6.18 Å². The van der Waals surface area contributed by atoms with Crippen molar-refractivity contribution in [1.82, 2.24) is 4.90 Å². The summed E-state index contributed by atoms with van der Waals surface area (Å²) in [4.78, 5) is 26.5. The SMILES string of the molecule is O=C(Nc1cccc(OCC(=O)N(Cc2ccc(C(F)(F)F)cc2)C2CC2)c1)c1ccco1. The molecule has 1 aliphatic rings. The lowest BCUT2D eigenvalue weighted by Gasteiger charge is -2.23. The number of amides is 2. The molecule has 2 amide bonds. The predicted octanol–water partition coefficient (Wildman–Crippen LogP) is 5.12. The highest BCUT2D eigenvalue weighted by Crippen LogP contribution is 2.31. The smallest absolute Gasteiger partial charge is 0.416 e. The first kappa shape index (κ1) is 22.4. The predicted molar refractivity (Wildman–Crippen MR) is 114 cm³/mol.